The van der Waals surface area contributed by atoms with Crippen molar-refractivity contribution in [1.82, 2.24) is 14.8 Å². The molecule has 2 aliphatic rings. The van der Waals surface area contributed by atoms with Crippen LogP contribution in [-0.4, -0.2) is 64.5 Å². The van der Waals surface area contributed by atoms with Crippen molar-refractivity contribution < 1.29 is 19.1 Å². The Morgan fingerprint density at radius 1 is 1.06 bits per heavy atom. The second kappa shape index (κ2) is 9.66. The number of aryl methyl sites for hydroxylation is 1. The fourth-order valence-electron chi connectivity index (χ4n) is 4.12. The second-order valence-electron chi connectivity index (χ2n) is 9.57. The molecule has 2 saturated heterocycles. The molecule has 3 rings (SSSR count). The quantitative estimate of drug-likeness (QED) is 0.795. The van der Waals surface area contributed by atoms with Crippen molar-refractivity contribution in [3.8, 4) is 0 Å². The molecule has 0 radical (unpaired) electrons. The number of amides is 3. The first kappa shape index (κ1) is 23.0. The lowest BCUT2D eigenvalue weighted by Gasteiger charge is -2.37. The number of nitrogens with zero attached hydrogens (tertiary/aromatic N) is 3. The fourth-order valence-corrected chi connectivity index (χ4v) is 4.12. The first-order valence-electron chi connectivity index (χ1n) is 11.1. The maximum Gasteiger partial charge on any atom is 0.410 e. The van der Waals surface area contributed by atoms with Crippen molar-refractivity contribution in [1.29, 1.82) is 0 Å². The standard InChI is InChI=1S/C23H34N4O4/c1-16-7-10-24-19(14-16)25-20(28)17-8-12-26(13-9-17)21(29)18-6-5-11-27(15-18)22(30)31-23(2,3)4/h7,10,14,17-18H,5-6,8-9,11-13,15H2,1-4H3,(H,24,25,28). The highest BCUT2D eigenvalue weighted by Crippen LogP contribution is 2.25. The van der Waals surface area contributed by atoms with Gasteiger partial charge >= 0.3 is 6.09 Å². The molecular weight excluding hydrogens is 396 g/mol. The molecule has 3 heterocycles. The first-order valence-corrected chi connectivity index (χ1v) is 11.1. The number of rotatable bonds is 3. The number of hydrogen-bond acceptors (Lipinski definition) is 5. The van der Waals surface area contributed by atoms with Gasteiger partial charge in [-0.05, 0) is 71.1 Å². The Balaban J connectivity index is 1.49. The molecule has 1 atom stereocenters. The van der Waals surface area contributed by atoms with E-state index in [0.717, 1.165) is 18.4 Å². The van der Waals surface area contributed by atoms with E-state index in [9.17, 15) is 14.4 Å². The number of ether oxygens (including phenoxy) is 1. The van der Waals surface area contributed by atoms with Gasteiger partial charge in [-0.25, -0.2) is 9.78 Å². The summed E-state index contributed by atoms with van der Waals surface area (Å²) >= 11 is 0. The summed E-state index contributed by atoms with van der Waals surface area (Å²) in [5.74, 6) is 0.262. The smallest absolute Gasteiger partial charge is 0.410 e. The molecular formula is C23H34N4O4. The Kier molecular flexibility index (Phi) is 7.18. The van der Waals surface area contributed by atoms with Crippen LogP contribution in [-0.2, 0) is 14.3 Å². The van der Waals surface area contributed by atoms with Crippen LogP contribution in [0, 0.1) is 18.8 Å². The third-order valence-corrected chi connectivity index (χ3v) is 5.77. The summed E-state index contributed by atoms with van der Waals surface area (Å²) in [7, 11) is 0. The second-order valence-corrected chi connectivity index (χ2v) is 9.57. The Hall–Kier alpha value is -2.64. The normalized spacial score (nSPS) is 20.3. The molecule has 8 heteroatoms. The van der Waals surface area contributed by atoms with Crippen LogP contribution < -0.4 is 5.32 Å². The summed E-state index contributed by atoms with van der Waals surface area (Å²) in [6, 6.07) is 3.73. The maximum atomic E-state index is 13.0. The van der Waals surface area contributed by atoms with Gasteiger partial charge in [-0.3, -0.25) is 9.59 Å². The number of pyridine rings is 1. The summed E-state index contributed by atoms with van der Waals surface area (Å²) in [6.07, 6.45) is 4.15. The highest BCUT2D eigenvalue weighted by atomic mass is 16.6. The summed E-state index contributed by atoms with van der Waals surface area (Å²) in [6.45, 7) is 9.60. The molecule has 1 unspecified atom stereocenters. The van der Waals surface area contributed by atoms with Crippen LogP contribution in [0.3, 0.4) is 0 Å². The number of anilines is 1. The summed E-state index contributed by atoms with van der Waals surface area (Å²) in [5, 5.41) is 2.89. The summed E-state index contributed by atoms with van der Waals surface area (Å²) in [4.78, 5) is 45.7. The SMILES string of the molecule is Cc1ccnc(NC(=O)C2CCN(C(=O)C3CCCN(C(=O)OC(C)(C)C)C3)CC2)c1. The first-order chi connectivity index (χ1) is 14.6. The number of nitrogens with one attached hydrogen (secondary N) is 1. The summed E-state index contributed by atoms with van der Waals surface area (Å²) < 4.78 is 5.46. The fraction of sp³-hybridized carbons (Fsp3) is 0.652. The Labute approximate surface area is 184 Å². The van der Waals surface area contributed by atoms with E-state index in [2.05, 4.69) is 10.3 Å². The average molecular weight is 431 g/mol. The number of likely N-dealkylation sites (tertiary alicyclic amines) is 2. The minimum atomic E-state index is -0.551. The van der Waals surface area contributed by atoms with E-state index in [4.69, 9.17) is 4.74 Å². The Morgan fingerprint density at radius 3 is 2.42 bits per heavy atom. The highest BCUT2D eigenvalue weighted by Gasteiger charge is 2.35. The molecule has 0 aromatic carbocycles. The van der Waals surface area contributed by atoms with Gasteiger partial charge < -0.3 is 19.9 Å². The molecule has 0 aliphatic carbocycles. The molecule has 170 valence electrons. The van der Waals surface area contributed by atoms with Gasteiger partial charge in [0.05, 0.1) is 5.92 Å². The van der Waals surface area contributed by atoms with Gasteiger partial charge in [-0.2, -0.15) is 0 Å². The zero-order chi connectivity index (χ0) is 22.6. The molecule has 2 aliphatic heterocycles. The zero-order valence-electron chi connectivity index (χ0n) is 19.0. The van der Waals surface area contributed by atoms with Crippen LogP contribution in [0.15, 0.2) is 18.3 Å². The van der Waals surface area contributed by atoms with Gasteiger partial charge in [0.25, 0.3) is 0 Å². The van der Waals surface area contributed by atoms with E-state index < -0.39 is 5.60 Å². The summed E-state index contributed by atoms with van der Waals surface area (Å²) in [5.41, 5.74) is 0.489. The lowest BCUT2D eigenvalue weighted by atomic mass is 9.92. The van der Waals surface area contributed by atoms with Crippen LogP contribution in [0.4, 0.5) is 10.6 Å². The van der Waals surface area contributed by atoms with Crippen LogP contribution in [0.5, 0.6) is 0 Å². The van der Waals surface area contributed by atoms with Crippen molar-refractivity contribution >= 4 is 23.7 Å². The van der Waals surface area contributed by atoms with Gasteiger partial charge in [0.2, 0.25) is 11.8 Å². The molecule has 2 fully saturated rings. The van der Waals surface area contributed by atoms with Crippen LogP contribution in [0.2, 0.25) is 0 Å². The predicted octanol–water partition coefficient (Wildman–Crippen LogP) is 3.21. The van der Waals surface area contributed by atoms with Gasteiger partial charge in [-0.1, -0.05) is 0 Å². The number of piperidine rings is 2. The van der Waals surface area contributed by atoms with Gasteiger partial charge in [-0.15, -0.1) is 0 Å². The van der Waals surface area contributed by atoms with E-state index in [1.807, 2.05) is 44.7 Å². The molecule has 1 aromatic heterocycles. The molecule has 1 N–H and O–H groups in total. The number of hydrogen-bond donors (Lipinski definition) is 1. The highest BCUT2D eigenvalue weighted by molar-refractivity contribution is 5.92. The van der Waals surface area contributed by atoms with Crippen molar-refractivity contribution in [2.45, 2.75) is 59.0 Å². The molecule has 8 nitrogen and oxygen atoms in total. The minimum absolute atomic E-state index is 0.0426. The minimum Gasteiger partial charge on any atom is -0.444 e. The molecule has 3 amide bonds. The Morgan fingerprint density at radius 2 is 1.77 bits per heavy atom. The van der Waals surface area contributed by atoms with Crippen molar-refractivity contribution in [3.63, 3.8) is 0 Å². The number of aromatic nitrogens is 1. The lowest BCUT2D eigenvalue weighted by Crippen LogP contribution is -2.50. The van der Waals surface area contributed by atoms with Gasteiger partial charge in [0.1, 0.15) is 11.4 Å². The van der Waals surface area contributed by atoms with Crippen molar-refractivity contribution in [2.24, 2.45) is 11.8 Å². The molecule has 0 saturated carbocycles. The van der Waals surface area contributed by atoms with Gasteiger partial charge in [0.15, 0.2) is 0 Å². The topological polar surface area (TPSA) is 91.8 Å². The van der Waals surface area contributed by atoms with Crippen LogP contribution in [0.1, 0.15) is 52.0 Å². The van der Waals surface area contributed by atoms with Crippen LogP contribution >= 0.6 is 0 Å². The Bertz CT molecular complexity index is 812. The lowest BCUT2D eigenvalue weighted by molar-refractivity contribution is -0.139. The molecule has 31 heavy (non-hydrogen) atoms. The van der Waals surface area contributed by atoms with Crippen molar-refractivity contribution in [3.05, 3.63) is 23.9 Å². The van der Waals surface area contributed by atoms with E-state index in [-0.39, 0.29) is 29.7 Å². The average Bonchev–Trinajstić information content (AvgIpc) is 2.72. The number of carbonyl (C=O) groups is 3. The number of carbonyl (C=O) groups excluding carboxylic acids is 3. The van der Waals surface area contributed by atoms with Crippen LogP contribution in [0.25, 0.3) is 0 Å². The molecule has 1 aromatic rings. The zero-order valence-corrected chi connectivity index (χ0v) is 19.0. The van der Waals surface area contributed by atoms with E-state index in [1.165, 1.54) is 0 Å². The van der Waals surface area contributed by atoms with Gasteiger partial charge in [0, 0.05) is 38.3 Å². The predicted molar refractivity (Wildman–Crippen MR) is 117 cm³/mol. The third kappa shape index (κ3) is 6.42. The maximum absolute atomic E-state index is 13.0. The van der Waals surface area contributed by atoms with E-state index >= 15 is 0 Å². The van der Waals surface area contributed by atoms with E-state index in [1.54, 1.807) is 11.1 Å². The van der Waals surface area contributed by atoms with Crippen molar-refractivity contribution in [2.75, 3.05) is 31.5 Å². The third-order valence-electron chi connectivity index (χ3n) is 5.77. The molecule has 0 spiro atoms. The molecule has 0 bridgehead atoms. The monoisotopic (exact) mass is 430 g/mol. The van der Waals surface area contributed by atoms with E-state index in [0.29, 0.717) is 44.8 Å². The largest absolute Gasteiger partial charge is 0.444 e.